The van der Waals surface area contributed by atoms with E-state index in [1.807, 2.05) is 53.9 Å². The highest BCUT2D eigenvalue weighted by molar-refractivity contribution is 5.82. The quantitative estimate of drug-likeness (QED) is 0.544. The number of ether oxygens (including phenoxy) is 1. The number of carbonyl (C=O) groups is 2. The van der Waals surface area contributed by atoms with Gasteiger partial charge in [0.1, 0.15) is 13.2 Å². The maximum absolute atomic E-state index is 12.6. The number of carbonyl (C=O) groups excluding carboxylic acids is 2. The number of hydrogen-bond donors (Lipinski definition) is 1. The zero-order valence-corrected chi connectivity index (χ0v) is 15.0. The van der Waals surface area contributed by atoms with Crippen molar-refractivity contribution in [1.29, 1.82) is 0 Å². The molecule has 1 aliphatic carbocycles. The molecule has 4 atom stereocenters. The van der Waals surface area contributed by atoms with Crippen LogP contribution < -0.4 is 10.0 Å². The van der Waals surface area contributed by atoms with Crippen LogP contribution in [0.15, 0.2) is 23.3 Å². The van der Waals surface area contributed by atoms with Gasteiger partial charge < -0.3 is 19.5 Å². The zero-order chi connectivity index (χ0) is 17.7. The van der Waals surface area contributed by atoms with Crippen LogP contribution in [0.5, 0.6) is 0 Å². The molecule has 0 saturated carbocycles. The Bertz CT molecular complexity index is 503. The fourth-order valence-corrected chi connectivity index (χ4v) is 3.04. The van der Waals surface area contributed by atoms with Gasteiger partial charge in [0.15, 0.2) is 0 Å². The van der Waals surface area contributed by atoms with Crippen LogP contribution in [0, 0.1) is 23.7 Å². The Kier molecular flexibility index (Phi) is 7.01. The Balaban J connectivity index is 3.09. The van der Waals surface area contributed by atoms with Crippen LogP contribution in [-0.2, 0) is 14.3 Å². The molecular formula is C18H29NO4. The number of nitrogens with one attached hydrogen (secondary N) is 1. The molecule has 1 N–H and O–H groups in total. The smallest absolute Gasteiger partial charge is 0.310 e. The third kappa shape index (κ3) is 5.20. The molecule has 0 aromatic carbocycles. The number of rotatable bonds is 6. The van der Waals surface area contributed by atoms with Crippen LogP contribution in [0.4, 0.5) is 0 Å². The fraction of sp³-hybridized carbons (Fsp3) is 0.667. The molecule has 0 spiro atoms. The lowest BCUT2D eigenvalue weighted by molar-refractivity contribution is -0.858. The lowest BCUT2D eigenvalue weighted by atomic mass is 9.67. The Morgan fingerprint density at radius 2 is 1.91 bits per heavy atom. The molecule has 0 aromatic rings. The van der Waals surface area contributed by atoms with Crippen molar-refractivity contribution in [3.8, 4) is 0 Å². The van der Waals surface area contributed by atoms with Crippen LogP contribution in [0.1, 0.15) is 27.7 Å². The Morgan fingerprint density at radius 1 is 1.30 bits per heavy atom. The molecular weight excluding hydrogens is 294 g/mol. The monoisotopic (exact) mass is 323 g/mol. The van der Waals surface area contributed by atoms with Crippen molar-refractivity contribution < 1.29 is 24.3 Å². The summed E-state index contributed by atoms with van der Waals surface area (Å²) in [4.78, 5) is 25.4. The van der Waals surface area contributed by atoms with Gasteiger partial charge in [-0.1, -0.05) is 30.2 Å². The van der Waals surface area contributed by atoms with E-state index in [2.05, 4.69) is 0 Å². The van der Waals surface area contributed by atoms with Gasteiger partial charge in [-0.05, 0) is 26.7 Å². The largest absolute Gasteiger partial charge is 0.550 e. The average molecular weight is 323 g/mol. The van der Waals surface area contributed by atoms with Gasteiger partial charge in [-0.25, -0.2) is 0 Å². The maximum Gasteiger partial charge on any atom is 0.310 e. The first-order valence-electron chi connectivity index (χ1n) is 8.15. The molecule has 0 aliphatic heterocycles. The van der Waals surface area contributed by atoms with Crippen LogP contribution in [-0.4, -0.2) is 39.2 Å². The molecule has 0 unspecified atom stereocenters. The van der Waals surface area contributed by atoms with Crippen LogP contribution in [0.3, 0.4) is 0 Å². The van der Waals surface area contributed by atoms with Crippen molar-refractivity contribution in [3.05, 3.63) is 23.3 Å². The van der Waals surface area contributed by atoms with Gasteiger partial charge in [0.05, 0.1) is 20.0 Å². The summed E-state index contributed by atoms with van der Waals surface area (Å²) in [5.41, 5.74) is 2.02. The fourth-order valence-electron chi connectivity index (χ4n) is 3.04. The maximum atomic E-state index is 12.6. The highest BCUT2D eigenvalue weighted by atomic mass is 16.5. The van der Waals surface area contributed by atoms with Gasteiger partial charge in [0, 0.05) is 17.8 Å². The molecule has 0 saturated heterocycles. The molecule has 1 rings (SSSR count). The summed E-state index contributed by atoms with van der Waals surface area (Å²) in [6, 6.07) is 0. The second kappa shape index (κ2) is 8.29. The Labute approximate surface area is 139 Å². The van der Waals surface area contributed by atoms with E-state index in [0.29, 0.717) is 6.54 Å². The van der Waals surface area contributed by atoms with E-state index >= 15 is 0 Å². The highest BCUT2D eigenvalue weighted by Crippen LogP contribution is 2.39. The summed E-state index contributed by atoms with van der Waals surface area (Å²) in [6.07, 6.45) is 3.93. The van der Waals surface area contributed by atoms with Gasteiger partial charge in [-0.3, -0.25) is 4.79 Å². The minimum absolute atomic E-state index is 0.237. The van der Waals surface area contributed by atoms with Crippen molar-refractivity contribution >= 4 is 11.9 Å². The number of allylic oxidation sites excluding steroid dienone is 4. The molecule has 5 heteroatoms. The normalized spacial score (nSPS) is 27.3. The van der Waals surface area contributed by atoms with Gasteiger partial charge in [0.2, 0.25) is 0 Å². The molecule has 0 radical (unpaired) electrons. The first-order valence-corrected chi connectivity index (χ1v) is 8.15. The van der Waals surface area contributed by atoms with Crippen LogP contribution >= 0.6 is 0 Å². The van der Waals surface area contributed by atoms with Gasteiger partial charge >= 0.3 is 5.97 Å². The van der Waals surface area contributed by atoms with Crippen LogP contribution in [0.2, 0.25) is 0 Å². The van der Waals surface area contributed by atoms with Gasteiger partial charge in [-0.15, -0.1) is 0 Å². The number of hydrogen-bond acceptors (Lipinski definition) is 4. The minimum atomic E-state index is -1.18. The van der Waals surface area contributed by atoms with Crippen molar-refractivity contribution in [2.24, 2.45) is 23.7 Å². The second-order valence-corrected chi connectivity index (χ2v) is 7.02. The van der Waals surface area contributed by atoms with Crippen LogP contribution in [0.25, 0.3) is 0 Å². The third-order valence-electron chi connectivity index (χ3n) is 4.43. The Hall–Kier alpha value is -1.62. The van der Waals surface area contributed by atoms with Crippen molar-refractivity contribution in [3.63, 3.8) is 0 Å². The summed E-state index contributed by atoms with van der Waals surface area (Å²) in [5.74, 6) is -3.72. The number of esters is 1. The van der Waals surface area contributed by atoms with E-state index in [1.54, 1.807) is 0 Å². The average Bonchev–Trinajstić information content (AvgIpc) is 2.40. The predicted octanol–water partition coefficient (Wildman–Crippen LogP) is -0.165. The van der Waals surface area contributed by atoms with E-state index in [9.17, 15) is 14.7 Å². The summed E-state index contributed by atoms with van der Waals surface area (Å²) < 4.78 is 5.36. The molecule has 1 aliphatic rings. The van der Waals surface area contributed by atoms with E-state index in [0.717, 1.165) is 11.1 Å². The molecule has 130 valence electrons. The summed E-state index contributed by atoms with van der Waals surface area (Å²) >= 11 is 0. The molecule has 0 amide bonds. The molecule has 0 heterocycles. The minimum Gasteiger partial charge on any atom is -0.550 e. The predicted molar refractivity (Wildman–Crippen MR) is 86.5 cm³/mol. The molecule has 0 bridgehead atoms. The molecule has 5 nitrogen and oxygen atoms in total. The number of carboxylic acid groups (broad SMARTS) is 1. The summed E-state index contributed by atoms with van der Waals surface area (Å²) in [5, 5.41) is 11.7. The van der Waals surface area contributed by atoms with E-state index in [4.69, 9.17) is 4.74 Å². The number of carboxylic acids is 1. The van der Waals surface area contributed by atoms with E-state index in [1.165, 1.54) is 4.90 Å². The number of aliphatic carboxylic acids is 1. The Morgan fingerprint density at radius 3 is 2.39 bits per heavy atom. The summed E-state index contributed by atoms with van der Waals surface area (Å²) in [6.45, 7) is 8.58. The standard InChI is InChI=1S/C18H29NO4/c1-11(2)9-14-10-12(3)13(4)15(17(20)21)16(14)18(22)23-8-7-19(5)6/h9-10,13-16H,7-8H2,1-6H3,(H,20,21)/t13-,14+,15+,16+/m0/s1. The van der Waals surface area contributed by atoms with Crippen molar-refractivity contribution in [2.75, 3.05) is 27.2 Å². The van der Waals surface area contributed by atoms with Crippen molar-refractivity contribution in [1.82, 2.24) is 0 Å². The first-order chi connectivity index (χ1) is 10.6. The molecule has 0 aromatic heterocycles. The number of quaternary nitrogens is 1. The highest BCUT2D eigenvalue weighted by Gasteiger charge is 2.42. The van der Waals surface area contributed by atoms with Gasteiger partial charge in [-0.2, -0.15) is 0 Å². The molecule has 0 fully saturated rings. The third-order valence-corrected chi connectivity index (χ3v) is 4.43. The lowest BCUT2D eigenvalue weighted by Crippen LogP contribution is -3.06. The topological polar surface area (TPSA) is 70.9 Å². The second-order valence-electron chi connectivity index (χ2n) is 7.02. The lowest BCUT2D eigenvalue weighted by Gasteiger charge is -2.39. The van der Waals surface area contributed by atoms with Gasteiger partial charge in [0.25, 0.3) is 0 Å². The van der Waals surface area contributed by atoms with E-state index in [-0.39, 0.29) is 18.4 Å². The SMILES string of the molecule is CC(C)=C[C@@H]1C=C(C)[C@H](C)[C@@H](C(=O)[O-])[C@@H]1C(=O)OCC[NH+](C)C. The van der Waals surface area contributed by atoms with E-state index < -0.39 is 23.8 Å². The molecule has 23 heavy (non-hydrogen) atoms. The number of likely N-dealkylation sites (N-methyl/N-ethyl adjacent to an activating group) is 1. The first kappa shape index (κ1) is 19.4. The van der Waals surface area contributed by atoms with Crippen molar-refractivity contribution in [2.45, 2.75) is 27.7 Å². The zero-order valence-electron chi connectivity index (χ0n) is 15.0. The summed E-state index contributed by atoms with van der Waals surface area (Å²) in [7, 11) is 3.94.